The van der Waals surface area contributed by atoms with Crippen LogP contribution in [0.1, 0.15) is 43.2 Å². The summed E-state index contributed by atoms with van der Waals surface area (Å²) in [5.41, 5.74) is 2.43. The van der Waals surface area contributed by atoms with Gasteiger partial charge in [0.15, 0.2) is 0 Å². The normalized spacial score (nSPS) is 17.9. The molecule has 1 amide bonds. The van der Waals surface area contributed by atoms with Crippen LogP contribution < -0.4 is 0 Å². The average Bonchev–Trinajstić information content (AvgIpc) is 2.78. The Morgan fingerprint density at radius 2 is 1.59 bits per heavy atom. The fraction of sp³-hybridized carbons (Fsp3) is 0.435. The molecular formula is C23H28N2O3S. The van der Waals surface area contributed by atoms with Crippen molar-refractivity contribution in [3.63, 3.8) is 0 Å². The Morgan fingerprint density at radius 1 is 0.931 bits per heavy atom. The molecule has 1 aliphatic heterocycles. The summed E-state index contributed by atoms with van der Waals surface area (Å²) >= 11 is 0. The van der Waals surface area contributed by atoms with Crippen LogP contribution in [0.3, 0.4) is 0 Å². The van der Waals surface area contributed by atoms with Crippen LogP contribution in [0.4, 0.5) is 0 Å². The summed E-state index contributed by atoms with van der Waals surface area (Å²) in [6, 6.07) is 16.6. The molecule has 0 radical (unpaired) electrons. The zero-order valence-corrected chi connectivity index (χ0v) is 17.5. The van der Waals surface area contributed by atoms with Crippen LogP contribution in [0.25, 0.3) is 0 Å². The number of fused-ring (bicyclic) bond motifs is 1. The molecule has 2 aromatic carbocycles. The number of nitrogens with zero attached hydrogens (tertiary/aromatic N) is 2. The summed E-state index contributed by atoms with van der Waals surface area (Å²) < 4.78 is 28.3. The Balaban J connectivity index is 1.56. The highest BCUT2D eigenvalue weighted by Crippen LogP contribution is 2.28. The second-order valence-electron chi connectivity index (χ2n) is 7.99. The predicted molar refractivity (Wildman–Crippen MR) is 113 cm³/mol. The summed E-state index contributed by atoms with van der Waals surface area (Å²) in [7, 11) is -3.71. The van der Waals surface area contributed by atoms with E-state index in [1.807, 2.05) is 18.2 Å². The van der Waals surface area contributed by atoms with Gasteiger partial charge in [0, 0.05) is 19.1 Å². The quantitative estimate of drug-likeness (QED) is 0.754. The van der Waals surface area contributed by atoms with E-state index >= 15 is 0 Å². The van der Waals surface area contributed by atoms with Crippen molar-refractivity contribution in [1.29, 1.82) is 0 Å². The van der Waals surface area contributed by atoms with Gasteiger partial charge in [0.2, 0.25) is 15.9 Å². The van der Waals surface area contributed by atoms with E-state index in [4.69, 9.17) is 0 Å². The van der Waals surface area contributed by atoms with Crippen molar-refractivity contribution in [2.75, 3.05) is 13.1 Å². The molecule has 6 heteroatoms. The van der Waals surface area contributed by atoms with E-state index in [9.17, 15) is 13.2 Å². The van der Waals surface area contributed by atoms with Crippen molar-refractivity contribution in [3.8, 4) is 0 Å². The molecule has 1 saturated carbocycles. The highest BCUT2D eigenvalue weighted by molar-refractivity contribution is 7.89. The number of hydrogen-bond acceptors (Lipinski definition) is 3. The minimum absolute atomic E-state index is 0.0793. The van der Waals surface area contributed by atoms with Gasteiger partial charge in [-0.05, 0) is 42.5 Å². The first-order valence-corrected chi connectivity index (χ1v) is 11.9. The first kappa shape index (κ1) is 20.1. The summed E-state index contributed by atoms with van der Waals surface area (Å²) in [5.74, 6) is -0.107. The standard InChI is InChI=1S/C23H28N2O3S/c26-23(24-16-15-19-9-7-8-10-20(19)17-24)18-25(21-11-3-1-4-12-21)29(27,28)22-13-5-2-6-14-22/h2,5-10,13-14,21H,1,3-4,11-12,15-18H2. The summed E-state index contributed by atoms with van der Waals surface area (Å²) in [6.45, 7) is 1.11. The van der Waals surface area contributed by atoms with Crippen molar-refractivity contribution >= 4 is 15.9 Å². The first-order valence-electron chi connectivity index (χ1n) is 10.5. The van der Waals surface area contributed by atoms with E-state index in [-0.39, 0.29) is 23.4 Å². The maximum absolute atomic E-state index is 13.4. The molecule has 0 aromatic heterocycles. The van der Waals surface area contributed by atoms with Crippen molar-refractivity contribution in [1.82, 2.24) is 9.21 Å². The number of amides is 1. The molecule has 2 aromatic rings. The lowest BCUT2D eigenvalue weighted by Crippen LogP contribution is -2.48. The molecule has 1 heterocycles. The van der Waals surface area contributed by atoms with E-state index in [0.717, 1.165) is 44.1 Å². The van der Waals surface area contributed by atoms with E-state index < -0.39 is 10.0 Å². The van der Waals surface area contributed by atoms with Crippen LogP contribution in [0.2, 0.25) is 0 Å². The molecule has 4 rings (SSSR count). The monoisotopic (exact) mass is 412 g/mol. The van der Waals surface area contributed by atoms with Crippen LogP contribution in [0.15, 0.2) is 59.5 Å². The third kappa shape index (κ3) is 4.38. The highest BCUT2D eigenvalue weighted by atomic mass is 32.2. The third-order valence-corrected chi connectivity index (χ3v) is 8.02. The molecule has 1 aliphatic carbocycles. The van der Waals surface area contributed by atoms with Gasteiger partial charge in [-0.2, -0.15) is 4.31 Å². The van der Waals surface area contributed by atoms with E-state index in [0.29, 0.717) is 13.1 Å². The first-order chi connectivity index (χ1) is 14.1. The minimum atomic E-state index is -3.71. The van der Waals surface area contributed by atoms with Crippen molar-refractivity contribution < 1.29 is 13.2 Å². The molecule has 0 bridgehead atoms. The largest absolute Gasteiger partial charge is 0.337 e. The second kappa shape index (κ2) is 8.67. The molecule has 5 nitrogen and oxygen atoms in total. The van der Waals surface area contributed by atoms with Gasteiger partial charge in [-0.25, -0.2) is 8.42 Å². The van der Waals surface area contributed by atoms with Gasteiger partial charge in [0.05, 0.1) is 11.4 Å². The maximum atomic E-state index is 13.4. The molecule has 0 saturated heterocycles. The highest BCUT2D eigenvalue weighted by Gasteiger charge is 2.35. The Morgan fingerprint density at radius 3 is 2.31 bits per heavy atom. The van der Waals surface area contributed by atoms with Gasteiger partial charge in [-0.1, -0.05) is 61.7 Å². The third-order valence-electron chi connectivity index (χ3n) is 6.11. The lowest BCUT2D eigenvalue weighted by molar-refractivity contribution is -0.132. The molecule has 0 N–H and O–H groups in total. The van der Waals surface area contributed by atoms with E-state index in [1.165, 1.54) is 9.87 Å². The van der Waals surface area contributed by atoms with E-state index in [1.54, 1.807) is 35.2 Å². The van der Waals surface area contributed by atoms with Crippen molar-refractivity contribution in [2.45, 2.75) is 56.0 Å². The SMILES string of the molecule is O=C(CN(C1CCCCC1)S(=O)(=O)c1ccccc1)N1CCc2ccccc2C1. The smallest absolute Gasteiger partial charge is 0.243 e. The zero-order valence-electron chi connectivity index (χ0n) is 16.7. The molecule has 1 fully saturated rings. The molecule has 0 spiro atoms. The average molecular weight is 413 g/mol. The fourth-order valence-electron chi connectivity index (χ4n) is 4.45. The number of rotatable bonds is 5. The van der Waals surface area contributed by atoms with Crippen LogP contribution in [-0.2, 0) is 27.8 Å². The van der Waals surface area contributed by atoms with Gasteiger partial charge < -0.3 is 4.90 Å². The summed E-state index contributed by atoms with van der Waals surface area (Å²) in [4.78, 5) is 15.2. The Hall–Kier alpha value is -2.18. The number of benzene rings is 2. The van der Waals surface area contributed by atoms with Crippen LogP contribution in [0, 0.1) is 0 Å². The van der Waals surface area contributed by atoms with Gasteiger partial charge >= 0.3 is 0 Å². The molecule has 0 atom stereocenters. The minimum Gasteiger partial charge on any atom is -0.337 e. The Kier molecular flexibility index (Phi) is 6.01. The van der Waals surface area contributed by atoms with Crippen molar-refractivity contribution in [2.24, 2.45) is 0 Å². The number of hydrogen-bond donors (Lipinski definition) is 0. The molecule has 29 heavy (non-hydrogen) atoms. The Labute approximate surface area is 173 Å². The summed E-state index contributed by atoms with van der Waals surface area (Å²) in [5, 5.41) is 0. The lowest BCUT2D eigenvalue weighted by atomic mass is 9.95. The van der Waals surface area contributed by atoms with Crippen LogP contribution in [-0.4, -0.2) is 42.7 Å². The molecular weight excluding hydrogens is 384 g/mol. The van der Waals surface area contributed by atoms with Gasteiger partial charge in [-0.15, -0.1) is 0 Å². The van der Waals surface area contributed by atoms with E-state index in [2.05, 4.69) is 6.07 Å². The van der Waals surface area contributed by atoms with Gasteiger partial charge in [-0.3, -0.25) is 4.79 Å². The Bertz CT molecular complexity index is 953. The van der Waals surface area contributed by atoms with Crippen LogP contribution in [0.5, 0.6) is 0 Å². The van der Waals surface area contributed by atoms with Crippen molar-refractivity contribution in [3.05, 3.63) is 65.7 Å². The second-order valence-corrected chi connectivity index (χ2v) is 9.88. The van der Waals surface area contributed by atoms with Gasteiger partial charge in [0.25, 0.3) is 0 Å². The zero-order chi connectivity index (χ0) is 20.3. The molecule has 0 unspecified atom stereocenters. The predicted octanol–water partition coefficient (Wildman–Crippen LogP) is 3.59. The molecule has 2 aliphatic rings. The number of carbonyl (C=O) groups is 1. The molecule has 154 valence electrons. The lowest BCUT2D eigenvalue weighted by Gasteiger charge is -2.35. The van der Waals surface area contributed by atoms with Crippen LogP contribution >= 0.6 is 0 Å². The van der Waals surface area contributed by atoms with Gasteiger partial charge in [0.1, 0.15) is 0 Å². The summed E-state index contributed by atoms with van der Waals surface area (Å²) in [6.07, 6.45) is 5.61. The number of sulfonamides is 1. The fourth-order valence-corrected chi connectivity index (χ4v) is 6.10. The maximum Gasteiger partial charge on any atom is 0.243 e. The number of carbonyl (C=O) groups excluding carboxylic acids is 1. The topological polar surface area (TPSA) is 57.7 Å².